The average Bonchev–Trinajstić information content (AvgIpc) is 2.31. The molecule has 0 aromatic heterocycles. The fourth-order valence-electron chi connectivity index (χ4n) is 1.78. The molecular weight excluding hydrogens is 219 g/mol. The number of halogens is 1. The van der Waals surface area contributed by atoms with Gasteiger partial charge in [-0.1, -0.05) is 12.1 Å². The van der Waals surface area contributed by atoms with Crippen LogP contribution in [-0.2, 0) is 4.74 Å². The summed E-state index contributed by atoms with van der Waals surface area (Å²) in [5.41, 5.74) is 6.95. The van der Waals surface area contributed by atoms with Crippen molar-refractivity contribution < 1.29 is 9.13 Å². The Morgan fingerprint density at radius 2 is 2.24 bits per heavy atom. The van der Waals surface area contributed by atoms with Crippen LogP contribution in [0.4, 0.5) is 10.1 Å². The molecule has 1 unspecified atom stereocenters. The normalized spacial score (nSPS) is 12.5. The van der Waals surface area contributed by atoms with E-state index in [4.69, 9.17) is 10.5 Å². The Hall–Kier alpha value is -1.13. The van der Waals surface area contributed by atoms with Crippen molar-refractivity contribution >= 4 is 5.69 Å². The van der Waals surface area contributed by atoms with Gasteiger partial charge in [0.05, 0.1) is 12.3 Å². The summed E-state index contributed by atoms with van der Waals surface area (Å²) in [5, 5.41) is 3.20. The molecule has 0 aliphatic carbocycles. The fraction of sp³-hybridized carbons (Fsp3) is 0.538. The zero-order valence-corrected chi connectivity index (χ0v) is 10.5. The molecule has 96 valence electrons. The highest BCUT2D eigenvalue weighted by Gasteiger charge is 2.12. The summed E-state index contributed by atoms with van der Waals surface area (Å²) in [6, 6.07) is 5.15. The van der Waals surface area contributed by atoms with Gasteiger partial charge in [-0.2, -0.15) is 0 Å². The van der Waals surface area contributed by atoms with Gasteiger partial charge in [0.25, 0.3) is 0 Å². The summed E-state index contributed by atoms with van der Waals surface area (Å²) < 4.78 is 18.8. The lowest BCUT2D eigenvalue weighted by molar-refractivity contribution is 0.182. The highest BCUT2D eigenvalue weighted by atomic mass is 19.1. The van der Waals surface area contributed by atoms with E-state index in [2.05, 4.69) is 5.32 Å². The molecular formula is C13H21FN2O. The van der Waals surface area contributed by atoms with Crippen molar-refractivity contribution in [1.82, 2.24) is 0 Å². The van der Waals surface area contributed by atoms with Gasteiger partial charge < -0.3 is 15.8 Å². The van der Waals surface area contributed by atoms with E-state index in [0.29, 0.717) is 18.8 Å². The van der Waals surface area contributed by atoms with Crippen LogP contribution in [0.25, 0.3) is 0 Å². The van der Waals surface area contributed by atoms with Crippen LogP contribution < -0.4 is 11.1 Å². The van der Waals surface area contributed by atoms with Crippen molar-refractivity contribution in [3.8, 4) is 0 Å². The van der Waals surface area contributed by atoms with Crippen LogP contribution in [0.2, 0.25) is 0 Å². The van der Waals surface area contributed by atoms with Crippen LogP contribution in [0.15, 0.2) is 18.2 Å². The molecule has 3 nitrogen and oxygen atoms in total. The van der Waals surface area contributed by atoms with Crippen molar-refractivity contribution in [1.29, 1.82) is 0 Å². The van der Waals surface area contributed by atoms with E-state index in [9.17, 15) is 4.39 Å². The Bertz CT molecular complexity index is 324. The predicted molar refractivity (Wildman–Crippen MR) is 68.7 cm³/mol. The fourth-order valence-corrected chi connectivity index (χ4v) is 1.78. The lowest BCUT2D eigenvalue weighted by Crippen LogP contribution is -2.26. The number of nitrogens with two attached hydrogens (primary N) is 1. The summed E-state index contributed by atoms with van der Waals surface area (Å²) >= 11 is 0. The van der Waals surface area contributed by atoms with Crippen molar-refractivity contribution in [3.63, 3.8) is 0 Å². The van der Waals surface area contributed by atoms with Gasteiger partial charge in [0.15, 0.2) is 0 Å². The molecule has 1 aromatic rings. The number of anilines is 1. The first kappa shape index (κ1) is 13.9. The number of nitrogens with one attached hydrogen (secondary N) is 1. The quantitative estimate of drug-likeness (QED) is 0.768. The third-order valence-electron chi connectivity index (χ3n) is 2.69. The summed E-state index contributed by atoms with van der Waals surface area (Å²) in [6.07, 6.45) is 1.77. The molecule has 0 bridgehead atoms. The summed E-state index contributed by atoms with van der Waals surface area (Å²) in [7, 11) is 1.64. The minimum absolute atomic E-state index is 0.0964. The van der Waals surface area contributed by atoms with Gasteiger partial charge in [-0.05, 0) is 37.9 Å². The zero-order valence-electron chi connectivity index (χ0n) is 10.5. The lowest BCUT2D eigenvalue weighted by atomic mass is 10.1. The van der Waals surface area contributed by atoms with E-state index in [0.717, 1.165) is 18.4 Å². The number of benzene rings is 1. The first-order valence-corrected chi connectivity index (χ1v) is 5.89. The maximum absolute atomic E-state index is 13.6. The molecule has 0 saturated carbocycles. The maximum Gasteiger partial charge on any atom is 0.146 e. The summed E-state index contributed by atoms with van der Waals surface area (Å²) in [4.78, 5) is 0. The van der Waals surface area contributed by atoms with Crippen molar-refractivity contribution in [2.24, 2.45) is 5.73 Å². The van der Waals surface area contributed by atoms with Gasteiger partial charge in [-0.3, -0.25) is 0 Å². The summed E-state index contributed by atoms with van der Waals surface area (Å²) in [5.74, 6) is -0.223. The SMILES string of the molecule is COCC(CCCN)Nc1c(C)cccc1F. The van der Waals surface area contributed by atoms with Gasteiger partial charge >= 0.3 is 0 Å². The Morgan fingerprint density at radius 1 is 1.47 bits per heavy atom. The number of hydrogen-bond donors (Lipinski definition) is 2. The molecule has 1 aromatic carbocycles. The van der Waals surface area contributed by atoms with Crippen LogP contribution in [0.3, 0.4) is 0 Å². The van der Waals surface area contributed by atoms with Crippen LogP contribution in [0, 0.1) is 12.7 Å². The highest BCUT2D eigenvalue weighted by molar-refractivity contribution is 5.52. The first-order chi connectivity index (χ1) is 8.19. The van der Waals surface area contributed by atoms with E-state index < -0.39 is 0 Å². The largest absolute Gasteiger partial charge is 0.383 e. The van der Waals surface area contributed by atoms with Gasteiger partial charge in [-0.25, -0.2) is 4.39 Å². The first-order valence-electron chi connectivity index (χ1n) is 5.89. The molecule has 1 rings (SSSR count). The molecule has 1 atom stereocenters. The molecule has 3 N–H and O–H groups in total. The number of ether oxygens (including phenoxy) is 1. The number of rotatable bonds is 7. The smallest absolute Gasteiger partial charge is 0.146 e. The Morgan fingerprint density at radius 3 is 2.82 bits per heavy atom. The maximum atomic E-state index is 13.6. The van der Waals surface area contributed by atoms with Crippen LogP contribution in [0.1, 0.15) is 18.4 Å². The molecule has 0 amide bonds. The second-order valence-corrected chi connectivity index (χ2v) is 4.16. The lowest BCUT2D eigenvalue weighted by Gasteiger charge is -2.20. The number of hydrogen-bond acceptors (Lipinski definition) is 3. The predicted octanol–water partition coefficient (Wildman–Crippen LogP) is 2.30. The molecule has 0 aliphatic rings. The standard InChI is InChI=1S/C13H21FN2O/c1-10-5-3-7-12(14)13(10)16-11(9-17-2)6-4-8-15/h3,5,7,11,16H,4,6,8-9,15H2,1-2H3. The van der Waals surface area contributed by atoms with Crippen molar-refractivity contribution in [2.75, 3.05) is 25.6 Å². The van der Waals surface area contributed by atoms with E-state index in [-0.39, 0.29) is 11.9 Å². The number of methoxy groups -OCH3 is 1. The molecule has 0 saturated heterocycles. The Kier molecular flexibility index (Phi) is 5.94. The van der Waals surface area contributed by atoms with Crippen LogP contribution >= 0.6 is 0 Å². The minimum Gasteiger partial charge on any atom is -0.383 e. The minimum atomic E-state index is -0.223. The van der Waals surface area contributed by atoms with E-state index in [1.54, 1.807) is 13.2 Å². The van der Waals surface area contributed by atoms with Crippen molar-refractivity contribution in [3.05, 3.63) is 29.6 Å². The van der Waals surface area contributed by atoms with Crippen LogP contribution in [-0.4, -0.2) is 26.3 Å². The second-order valence-electron chi connectivity index (χ2n) is 4.16. The molecule has 0 spiro atoms. The topological polar surface area (TPSA) is 47.3 Å². The third-order valence-corrected chi connectivity index (χ3v) is 2.69. The molecule has 17 heavy (non-hydrogen) atoms. The van der Waals surface area contributed by atoms with Gasteiger partial charge in [0.1, 0.15) is 5.82 Å². The van der Waals surface area contributed by atoms with Gasteiger partial charge in [0, 0.05) is 13.2 Å². The van der Waals surface area contributed by atoms with Crippen molar-refractivity contribution in [2.45, 2.75) is 25.8 Å². The molecule has 0 heterocycles. The third kappa shape index (κ3) is 4.32. The monoisotopic (exact) mass is 240 g/mol. The molecule has 0 aliphatic heterocycles. The van der Waals surface area contributed by atoms with Crippen LogP contribution in [0.5, 0.6) is 0 Å². The molecule has 0 radical (unpaired) electrons. The number of para-hydroxylation sites is 1. The van der Waals surface area contributed by atoms with Gasteiger partial charge in [0.2, 0.25) is 0 Å². The molecule has 4 heteroatoms. The highest BCUT2D eigenvalue weighted by Crippen LogP contribution is 2.20. The summed E-state index contributed by atoms with van der Waals surface area (Å²) in [6.45, 7) is 3.07. The second kappa shape index (κ2) is 7.25. The zero-order chi connectivity index (χ0) is 12.7. The Labute approximate surface area is 102 Å². The van der Waals surface area contributed by atoms with E-state index in [1.165, 1.54) is 6.07 Å². The average molecular weight is 240 g/mol. The Balaban J connectivity index is 2.70. The van der Waals surface area contributed by atoms with E-state index in [1.807, 2.05) is 13.0 Å². The number of aryl methyl sites for hydroxylation is 1. The van der Waals surface area contributed by atoms with Gasteiger partial charge in [-0.15, -0.1) is 0 Å². The van der Waals surface area contributed by atoms with E-state index >= 15 is 0 Å². The molecule has 0 fully saturated rings.